The van der Waals surface area contributed by atoms with Crippen molar-refractivity contribution in [2.45, 2.75) is 20.1 Å². The van der Waals surface area contributed by atoms with Crippen LogP contribution in [0.25, 0.3) is 11.1 Å². The Morgan fingerprint density at radius 1 is 1.21 bits per heavy atom. The van der Waals surface area contributed by atoms with Crippen molar-refractivity contribution in [2.75, 3.05) is 5.32 Å². The highest BCUT2D eigenvalue weighted by atomic mass is 35.5. The normalized spacial score (nSPS) is 14.1. The number of halogens is 3. The van der Waals surface area contributed by atoms with Crippen molar-refractivity contribution in [3.8, 4) is 22.6 Å². The lowest BCUT2D eigenvalue weighted by molar-refractivity contribution is -0.286. The van der Waals surface area contributed by atoms with Gasteiger partial charge in [-0.2, -0.15) is 5.10 Å². The van der Waals surface area contributed by atoms with E-state index in [1.165, 1.54) is 23.0 Å². The van der Waals surface area contributed by atoms with Crippen molar-refractivity contribution >= 4 is 23.3 Å². The average Bonchev–Trinajstić information content (AvgIpc) is 3.07. The number of alkyl halides is 2. The predicted octanol–water partition coefficient (Wildman–Crippen LogP) is 4.33. The minimum atomic E-state index is -3.68. The first-order chi connectivity index (χ1) is 13.6. The number of hydrogen-bond acceptors (Lipinski definition) is 5. The molecule has 0 fully saturated rings. The number of aryl methyl sites for hydroxylation is 3. The van der Waals surface area contributed by atoms with E-state index in [-0.39, 0.29) is 22.2 Å². The second-order valence-electron chi connectivity index (χ2n) is 6.54. The Labute approximate surface area is 169 Å². The third-order valence-corrected chi connectivity index (χ3v) is 4.88. The number of carbonyl (C=O) groups excluding carboxylic acids is 1. The molecule has 3 aromatic rings. The number of anilines is 1. The van der Waals surface area contributed by atoms with Crippen molar-refractivity contribution in [2.24, 2.45) is 7.05 Å². The van der Waals surface area contributed by atoms with Gasteiger partial charge in [-0.3, -0.25) is 9.48 Å². The van der Waals surface area contributed by atoms with E-state index in [0.29, 0.717) is 28.2 Å². The van der Waals surface area contributed by atoms with Crippen LogP contribution in [-0.4, -0.2) is 27.0 Å². The summed E-state index contributed by atoms with van der Waals surface area (Å²) in [6.07, 6.45) is -2.15. The lowest BCUT2D eigenvalue weighted by Gasteiger charge is -2.09. The number of fused-ring (bicyclic) bond motifs is 1. The van der Waals surface area contributed by atoms with Crippen LogP contribution >= 0.6 is 11.6 Å². The molecule has 1 aliphatic heterocycles. The summed E-state index contributed by atoms with van der Waals surface area (Å²) in [5.74, 6) is -0.205. The van der Waals surface area contributed by atoms with Gasteiger partial charge in [-0.05, 0) is 49.2 Å². The summed E-state index contributed by atoms with van der Waals surface area (Å²) >= 11 is 6.12. The maximum Gasteiger partial charge on any atom is 0.586 e. The SMILES string of the molecule is Cc1cc2c(cc1-c1ccc(NC(=O)c3c(Cl)c(C)nn3C)nc1)OC(F)(F)O2. The third-order valence-electron chi connectivity index (χ3n) is 4.43. The Morgan fingerprint density at radius 2 is 1.90 bits per heavy atom. The Morgan fingerprint density at radius 3 is 2.48 bits per heavy atom. The molecule has 0 spiro atoms. The van der Waals surface area contributed by atoms with Gasteiger partial charge in [0.15, 0.2) is 11.5 Å². The topological polar surface area (TPSA) is 78.3 Å². The number of carbonyl (C=O) groups is 1. The van der Waals surface area contributed by atoms with E-state index in [1.807, 2.05) is 0 Å². The number of pyridine rings is 1. The average molecular weight is 421 g/mol. The molecule has 1 N–H and O–H groups in total. The first-order valence-corrected chi connectivity index (χ1v) is 8.90. The molecule has 10 heteroatoms. The third kappa shape index (κ3) is 3.49. The Balaban J connectivity index is 1.57. The minimum Gasteiger partial charge on any atom is -0.395 e. The number of hydrogen-bond donors (Lipinski definition) is 1. The molecule has 0 radical (unpaired) electrons. The molecule has 2 aromatic heterocycles. The van der Waals surface area contributed by atoms with Gasteiger partial charge in [0.25, 0.3) is 5.91 Å². The van der Waals surface area contributed by atoms with E-state index in [4.69, 9.17) is 11.6 Å². The van der Waals surface area contributed by atoms with E-state index in [0.717, 1.165) is 0 Å². The molecule has 7 nitrogen and oxygen atoms in total. The number of rotatable bonds is 3. The lowest BCUT2D eigenvalue weighted by atomic mass is 10.0. The maximum atomic E-state index is 13.3. The number of aromatic nitrogens is 3. The molecule has 29 heavy (non-hydrogen) atoms. The second-order valence-corrected chi connectivity index (χ2v) is 6.92. The summed E-state index contributed by atoms with van der Waals surface area (Å²) in [7, 11) is 1.62. The molecule has 0 atom stereocenters. The number of amides is 1. The fourth-order valence-electron chi connectivity index (χ4n) is 3.09. The van der Waals surface area contributed by atoms with Crippen molar-refractivity contribution in [3.63, 3.8) is 0 Å². The lowest BCUT2D eigenvalue weighted by Crippen LogP contribution is -2.25. The van der Waals surface area contributed by atoms with Gasteiger partial charge in [0, 0.05) is 18.8 Å². The van der Waals surface area contributed by atoms with Crippen LogP contribution < -0.4 is 14.8 Å². The Bertz CT molecular complexity index is 1130. The van der Waals surface area contributed by atoms with Crippen LogP contribution in [0.1, 0.15) is 21.7 Å². The van der Waals surface area contributed by atoms with E-state index >= 15 is 0 Å². The van der Waals surface area contributed by atoms with E-state index in [2.05, 4.69) is 24.9 Å². The van der Waals surface area contributed by atoms with Crippen LogP contribution in [0.15, 0.2) is 30.5 Å². The number of nitrogens with one attached hydrogen (secondary N) is 1. The van der Waals surface area contributed by atoms with Gasteiger partial charge in [0.05, 0.1) is 10.7 Å². The van der Waals surface area contributed by atoms with E-state index in [1.54, 1.807) is 33.0 Å². The molecule has 0 aliphatic carbocycles. The molecular formula is C19H15ClF2N4O3. The molecule has 0 saturated heterocycles. The zero-order chi connectivity index (χ0) is 20.9. The molecule has 0 unspecified atom stereocenters. The minimum absolute atomic E-state index is 0.0172. The largest absolute Gasteiger partial charge is 0.586 e. The zero-order valence-electron chi connectivity index (χ0n) is 15.6. The summed E-state index contributed by atoms with van der Waals surface area (Å²) in [6, 6.07) is 6.26. The standard InChI is InChI=1S/C19H15ClF2N4O3/c1-9-6-13-14(29-19(21,22)28-13)7-12(9)11-4-5-15(23-8-11)24-18(27)17-16(20)10(2)25-26(17)3/h4-8H,1-3H3,(H,23,24,27). The van der Waals surface area contributed by atoms with Gasteiger partial charge in [-0.15, -0.1) is 8.78 Å². The second kappa shape index (κ2) is 6.70. The predicted molar refractivity (Wildman–Crippen MR) is 102 cm³/mol. The first-order valence-electron chi connectivity index (χ1n) is 8.52. The number of benzene rings is 1. The van der Waals surface area contributed by atoms with Gasteiger partial charge in [0.1, 0.15) is 11.5 Å². The monoisotopic (exact) mass is 420 g/mol. The molecule has 150 valence electrons. The zero-order valence-corrected chi connectivity index (χ0v) is 16.3. The smallest absolute Gasteiger partial charge is 0.395 e. The summed E-state index contributed by atoms with van der Waals surface area (Å²) in [4.78, 5) is 16.7. The summed E-state index contributed by atoms with van der Waals surface area (Å²) in [6.45, 7) is 3.47. The van der Waals surface area contributed by atoms with Crippen LogP contribution in [0.5, 0.6) is 11.5 Å². The summed E-state index contributed by atoms with van der Waals surface area (Å²) < 4.78 is 36.9. The highest BCUT2D eigenvalue weighted by molar-refractivity contribution is 6.34. The molecule has 4 rings (SSSR count). The fraction of sp³-hybridized carbons (Fsp3) is 0.211. The van der Waals surface area contributed by atoms with Crippen molar-refractivity contribution < 1.29 is 23.0 Å². The van der Waals surface area contributed by atoms with Crippen LogP contribution in [-0.2, 0) is 7.05 Å². The molecule has 3 heterocycles. The van der Waals surface area contributed by atoms with Crippen molar-refractivity contribution in [1.82, 2.24) is 14.8 Å². The summed E-state index contributed by atoms with van der Waals surface area (Å²) in [5.41, 5.74) is 2.80. The molecule has 1 aliphatic rings. The van der Waals surface area contributed by atoms with Crippen LogP contribution in [0.2, 0.25) is 5.02 Å². The van der Waals surface area contributed by atoms with Crippen molar-refractivity contribution in [3.05, 3.63) is 52.4 Å². The summed E-state index contributed by atoms with van der Waals surface area (Å²) in [5, 5.41) is 7.04. The van der Waals surface area contributed by atoms with Gasteiger partial charge in [0.2, 0.25) is 0 Å². The van der Waals surface area contributed by atoms with Crippen LogP contribution in [0, 0.1) is 13.8 Å². The van der Waals surface area contributed by atoms with Crippen LogP contribution in [0.3, 0.4) is 0 Å². The number of nitrogens with zero attached hydrogens (tertiary/aromatic N) is 3. The fourth-order valence-corrected chi connectivity index (χ4v) is 3.34. The Kier molecular flexibility index (Phi) is 4.42. The number of ether oxygens (including phenoxy) is 2. The van der Waals surface area contributed by atoms with Gasteiger partial charge >= 0.3 is 6.29 Å². The van der Waals surface area contributed by atoms with Crippen LogP contribution in [0.4, 0.5) is 14.6 Å². The first kappa shape index (κ1) is 19.1. The maximum absolute atomic E-state index is 13.3. The molecule has 1 aromatic carbocycles. The van der Waals surface area contributed by atoms with Gasteiger partial charge < -0.3 is 14.8 Å². The van der Waals surface area contributed by atoms with E-state index in [9.17, 15) is 13.6 Å². The van der Waals surface area contributed by atoms with Gasteiger partial charge in [-0.25, -0.2) is 4.98 Å². The highest BCUT2D eigenvalue weighted by Gasteiger charge is 2.43. The molecular weight excluding hydrogens is 406 g/mol. The van der Waals surface area contributed by atoms with E-state index < -0.39 is 12.2 Å². The highest BCUT2D eigenvalue weighted by Crippen LogP contribution is 2.44. The van der Waals surface area contributed by atoms with Crippen molar-refractivity contribution in [1.29, 1.82) is 0 Å². The molecule has 0 saturated carbocycles. The quantitative estimate of drug-likeness (QED) is 0.682. The molecule has 1 amide bonds. The van der Waals surface area contributed by atoms with Gasteiger partial charge in [-0.1, -0.05) is 11.6 Å². The Hall–Kier alpha value is -3.20. The molecule has 0 bridgehead atoms.